The van der Waals surface area contributed by atoms with E-state index in [9.17, 15) is 4.79 Å². The molecule has 22 heavy (non-hydrogen) atoms. The summed E-state index contributed by atoms with van der Waals surface area (Å²) >= 11 is 1.43. The average molecular weight is 320 g/mol. The predicted molar refractivity (Wildman–Crippen MR) is 88.7 cm³/mol. The first kappa shape index (κ1) is 16.3. The van der Waals surface area contributed by atoms with Gasteiger partial charge in [-0.25, -0.2) is 9.78 Å². The minimum absolute atomic E-state index is 0.405. The van der Waals surface area contributed by atoms with Gasteiger partial charge in [0.2, 0.25) is 0 Å². The normalized spacial score (nSPS) is 10.3. The number of carbonyl (C=O) groups excluding carboxylic acids is 1. The van der Waals surface area contributed by atoms with Crippen molar-refractivity contribution in [1.29, 1.82) is 0 Å². The van der Waals surface area contributed by atoms with Gasteiger partial charge in [0.15, 0.2) is 5.13 Å². The third-order valence-corrected chi connectivity index (χ3v) is 3.77. The van der Waals surface area contributed by atoms with Crippen molar-refractivity contribution in [3.05, 3.63) is 29.1 Å². The van der Waals surface area contributed by atoms with Gasteiger partial charge in [-0.15, -0.1) is 11.3 Å². The number of nitrogens with one attached hydrogen (secondary N) is 1. The molecule has 6 heteroatoms. The Morgan fingerprint density at radius 1 is 1.27 bits per heavy atom. The Morgan fingerprint density at radius 2 is 2.00 bits per heavy atom. The highest BCUT2D eigenvalue weighted by Gasteiger charge is 2.12. The van der Waals surface area contributed by atoms with E-state index >= 15 is 0 Å². The number of thiazole rings is 1. The number of carbonyl (C=O) groups is 1. The van der Waals surface area contributed by atoms with Gasteiger partial charge in [0.05, 0.1) is 18.9 Å². The Labute approximate surface area is 134 Å². The summed E-state index contributed by atoms with van der Waals surface area (Å²) in [5, 5.41) is 3.20. The second kappa shape index (κ2) is 7.79. The molecule has 0 bridgehead atoms. The van der Waals surface area contributed by atoms with Crippen molar-refractivity contribution in [2.45, 2.75) is 27.2 Å². The van der Waals surface area contributed by atoms with E-state index in [1.54, 1.807) is 0 Å². The van der Waals surface area contributed by atoms with Gasteiger partial charge in [0.1, 0.15) is 5.75 Å². The standard InChI is InChI=1S/C16H20N2O3S/c1-4-10-21-16(19)18-15-17-14(11(3)22-15)12-6-8-13(9-7-12)20-5-2/h6-9H,4-5,10H2,1-3H3,(H,17,18,19). The molecular weight excluding hydrogens is 300 g/mol. The van der Waals surface area contributed by atoms with Crippen LogP contribution in [0.2, 0.25) is 0 Å². The van der Waals surface area contributed by atoms with Crippen LogP contribution in [0.1, 0.15) is 25.1 Å². The number of aryl methyl sites for hydroxylation is 1. The highest BCUT2D eigenvalue weighted by molar-refractivity contribution is 7.16. The first-order chi connectivity index (χ1) is 10.6. The van der Waals surface area contributed by atoms with Crippen molar-refractivity contribution < 1.29 is 14.3 Å². The SMILES string of the molecule is CCCOC(=O)Nc1nc(-c2ccc(OCC)cc2)c(C)s1. The van der Waals surface area contributed by atoms with E-state index in [4.69, 9.17) is 9.47 Å². The second-order valence-corrected chi connectivity index (χ2v) is 5.85. The van der Waals surface area contributed by atoms with Crippen molar-refractivity contribution in [2.75, 3.05) is 18.5 Å². The van der Waals surface area contributed by atoms with Crippen molar-refractivity contribution >= 4 is 22.6 Å². The Bertz CT molecular complexity index is 623. The number of hydrogen-bond acceptors (Lipinski definition) is 5. The molecule has 2 rings (SSSR count). The predicted octanol–water partition coefficient (Wildman–Crippen LogP) is 4.48. The summed E-state index contributed by atoms with van der Waals surface area (Å²) in [6, 6.07) is 7.76. The molecule has 0 fully saturated rings. The summed E-state index contributed by atoms with van der Waals surface area (Å²) in [5.41, 5.74) is 1.85. The summed E-state index contributed by atoms with van der Waals surface area (Å²) in [4.78, 5) is 17.1. The maximum atomic E-state index is 11.6. The molecule has 2 aromatic rings. The molecule has 0 atom stereocenters. The van der Waals surface area contributed by atoms with Gasteiger partial charge in [0.25, 0.3) is 0 Å². The molecular formula is C16H20N2O3S. The molecule has 5 nitrogen and oxygen atoms in total. The molecule has 1 aromatic carbocycles. The second-order valence-electron chi connectivity index (χ2n) is 4.64. The lowest BCUT2D eigenvalue weighted by Gasteiger charge is -2.04. The van der Waals surface area contributed by atoms with E-state index in [2.05, 4.69) is 10.3 Å². The van der Waals surface area contributed by atoms with Crippen molar-refractivity contribution in [2.24, 2.45) is 0 Å². The smallest absolute Gasteiger partial charge is 0.413 e. The minimum Gasteiger partial charge on any atom is -0.494 e. The van der Waals surface area contributed by atoms with E-state index in [-0.39, 0.29) is 0 Å². The number of rotatable bonds is 6. The first-order valence-corrected chi connectivity index (χ1v) is 8.10. The Hall–Kier alpha value is -2.08. The molecule has 0 spiro atoms. The molecule has 0 saturated heterocycles. The molecule has 1 heterocycles. The molecule has 0 aliphatic rings. The fraction of sp³-hybridized carbons (Fsp3) is 0.375. The highest BCUT2D eigenvalue weighted by atomic mass is 32.1. The lowest BCUT2D eigenvalue weighted by atomic mass is 10.1. The third-order valence-electron chi connectivity index (χ3n) is 2.88. The molecule has 1 aromatic heterocycles. The summed E-state index contributed by atoms with van der Waals surface area (Å²) < 4.78 is 10.4. The molecule has 0 radical (unpaired) electrons. The van der Waals surface area contributed by atoms with Crippen LogP contribution in [0.25, 0.3) is 11.3 Å². The van der Waals surface area contributed by atoms with Crippen LogP contribution < -0.4 is 10.1 Å². The molecule has 118 valence electrons. The number of hydrogen-bond donors (Lipinski definition) is 1. The summed E-state index contributed by atoms with van der Waals surface area (Å²) in [6.45, 7) is 6.93. The van der Waals surface area contributed by atoms with Crippen LogP contribution in [-0.2, 0) is 4.74 Å². The quantitative estimate of drug-likeness (QED) is 0.852. The molecule has 1 N–H and O–H groups in total. The van der Waals surface area contributed by atoms with Crippen LogP contribution in [0.5, 0.6) is 5.75 Å². The Balaban J connectivity index is 2.10. The van der Waals surface area contributed by atoms with E-state index in [0.29, 0.717) is 18.3 Å². The first-order valence-electron chi connectivity index (χ1n) is 7.28. The largest absolute Gasteiger partial charge is 0.494 e. The van der Waals surface area contributed by atoms with Gasteiger partial charge in [-0.1, -0.05) is 6.92 Å². The van der Waals surface area contributed by atoms with Crippen LogP contribution in [0.3, 0.4) is 0 Å². The number of anilines is 1. The zero-order valence-electron chi connectivity index (χ0n) is 13.0. The number of amides is 1. The molecule has 0 aliphatic carbocycles. The summed E-state index contributed by atoms with van der Waals surface area (Å²) in [5.74, 6) is 0.834. The van der Waals surface area contributed by atoms with Crippen molar-refractivity contribution in [3.63, 3.8) is 0 Å². The van der Waals surface area contributed by atoms with E-state index in [1.165, 1.54) is 11.3 Å². The zero-order chi connectivity index (χ0) is 15.9. The van der Waals surface area contributed by atoms with Crippen LogP contribution >= 0.6 is 11.3 Å². The van der Waals surface area contributed by atoms with Gasteiger partial charge < -0.3 is 9.47 Å². The van der Waals surface area contributed by atoms with Gasteiger partial charge in [-0.05, 0) is 44.5 Å². The Morgan fingerprint density at radius 3 is 2.64 bits per heavy atom. The molecule has 0 unspecified atom stereocenters. The molecule has 1 amide bonds. The fourth-order valence-electron chi connectivity index (χ4n) is 1.91. The fourth-order valence-corrected chi connectivity index (χ4v) is 2.73. The van der Waals surface area contributed by atoms with Crippen LogP contribution in [0.4, 0.5) is 9.93 Å². The van der Waals surface area contributed by atoms with Crippen LogP contribution in [0, 0.1) is 6.92 Å². The van der Waals surface area contributed by atoms with E-state index < -0.39 is 6.09 Å². The van der Waals surface area contributed by atoms with Gasteiger partial charge in [-0.3, -0.25) is 5.32 Å². The van der Waals surface area contributed by atoms with E-state index in [1.807, 2.05) is 45.0 Å². The number of aromatic nitrogens is 1. The van der Waals surface area contributed by atoms with Crippen molar-refractivity contribution in [3.8, 4) is 17.0 Å². The Kier molecular flexibility index (Phi) is 5.77. The molecule has 0 saturated carbocycles. The van der Waals surface area contributed by atoms with Crippen molar-refractivity contribution in [1.82, 2.24) is 4.98 Å². The maximum absolute atomic E-state index is 11.6. The lowest BCUT2D eigenvalue weighted by molar-refractivity contribution is 0.161. The lowest BCUT2D eigenvalue weighted by Crippen LogP contribution is -2.13. The summed E-state index contributed by atoms with van der Waals surface area (Å²) in [6.07, 6.45) is 0.329. The topological polar surface area (TPSA) is 60.5 Å². The maximum Gasteiger partial charge on any atom is 0.413 e. The average Bonchev–Trinajstić information content (AvgIpc) is 2.87. The minimum atomic E-state index is -0.464. The zero-order valence-corrected chi connectivity index (χ0v) is 13.8. The van der Waals surface area contributed by atoms with Gasteiger partial charge in [-0.2, -0.15) is 0 Å². The van der Waals surface area contributed by atoms with Crippen LogP contribution in [-0.4, -0.2) is 24.3 Å². The van der Waals surface area contributed by atoms with Crippen LogP contribution in [0.15, 0.2) is 24.3 Å². The number of benzene rings is 1. The monoisotopic (exact) mass is 320 g/mol. The molecule has 0 aliphatic heterocycles. The number of nitrogens with zero attached hydrogens (tertiary/aromatic N) is 1. The number of ether oxygens (including phenoxy) is 2. The van der Waals surface area contributed by atoms with Gasteiger partial charge >= 0.3 is 6.09 Å². The highest BCUT2D eigenvalue weighted by Crippen LogP contribution is 2.31. The summed E-state index contributed by atoms with van der Waals surface area (Å²) in [7, 11) is 0. The van der Waals surface area contributed by atoms with Gasteiger partial charge in [0, 0.05) is 10.4 Å². The van der Waals surface area contributed by atoms with E-state index in [0.717, 1.165) is 28.3 Å². The third kappa shape index (κ3) is 4.21.